The molecule has 1 unspecified atom stereocenters. The number of hydrogen-bond acceptors (Lipinski definition) is 4. The standard InChI is InChI=1S/C27H34N4O2/c1-18(17-20-7-5-4-6-8-20)26-29-25-22-10-9-19(2)30(27(32)33-3)23(22)11-12-24(25)31(26)21-13-15-28-16-14-21/h4-8,11-12,18-19,21,28H,9-10,13-17H2,1-3H3/t18?,19-/m0/s1. The molecule has 1 saturated heterocycles. The fourth-order valence-electron chi connectivity index (χ4n) is 5.65. The molecule has 1 aromatic heterocycles. The summed E-state index contributed by atoms with van der Waals surface area (Å²) in [7, 11) is 1.46. The van der Waals surface area contributed by atoms with Gasteiger partial charge in [-0.25, -0.2) is 9.78 Å². The van der Waals surface area contributed by atoms with E-state index < -0.39 is 0 Å². The number of aromatic nitrogens is 2. The second-order valence-electron chi connectivity index (χ2n) is 9.57. The number of imidazole rings is 1. The van der Waals surface area contributed by atoms with Crippen LogP contribution in [0.15, 0.2) is 42.5 Å². The van der Waals surface area contributed by atoms with E-state index in [1.165, 1.54) is 23.8 Å². The molecule has 0 bridgehead atoms. The molecule has 0 radical (unpaired) electrons. The number of amides is 1. The van der Waals surface area contributed by atoms with Crippen LogP contribution in [0.5, 0.6) is 0 Å². The van der Waals surface area contributed by atoms with Gasteiger partial charge in [0.05, 0.1) is 23.8 Å². The van der Waals surface area contributed by atoms with E-state index in [9.17, 15) is 4.79 Å². The van der Waals surface area contributed by atoms with Crippen molar-refractivity contribution in [1.29, 1.82) is 0 Å². The molecule has 174 valence electrons. The lowest BCUT2D eigenvalue weighted by molar-refractivity contribution is 0.175. The van der Waals surface area contributed by atoms with Crippen molar-refractivity contribution < 1.29 is 9.53 Å². The van der Waals surface area contributed by atoms with E-state index in [0.717, 1.165) is 62.2 Å². The summed E-state index contributed by atoms with van der Waals surface area (Å²) in [6, 6.07) is 15.5. The van der Waals surface area contributed by atoms with Crippen LogP contribution in [-0.4, -0.2) is 41.9 Å². The number of hydrogen-bond donors (Lipinski definition) is 1. The average molecular weight is 447 g/mol. The first-order chi connectivity index (χ1) is 16.1. The predicted octanol–water partition coefficient (Wildman–Crippen LogP) is 5.21. The number of piperidine rings is 1. The number of carbonyl (C=O) groups is 1. The number of carbonyl (C=O) groups excluding carboxylic acids is 1. The fourth-order valence-corrected chi connectivity index (χ4v) is 5.65. The molecule has 3 aromatic rings. The second kappa shape index (κ2) is 9.18. The van der Waals surface area contributed by atoms with Gasteiger partial charge in [0.25, 0.3) is 0 Å². The van der Waals surface area contributed by atoms with Gasteiger partial charge in [0.1, 0.15) is 5.82 Å². The Balaban J connectivity index is 1.63. The summed E-state index contributed by atoms with van der Waals surface area (Å²) in [5.74, 6) is 1.46. The normalized spacial score (nSPS) is 20.0. The largest absolute Gasteiger partial charge is 0.452 e. The van der Waals surface area contributed by atoms with Crippen molar-refractivity contribution in [2.75, 3.05) is 25.1 Å². The maximum atomic E-state index is 12.6. The number of nitrogens with one attached hydrogen (secondary N) is 1. The van der Waals surface area contributed by atoms with Crippen LogP contribution in [0.25, 0.3) is 11.0 Å². The van der Waals surface area contributed by atoms with Crippen molar-refractivity contribution in [2.45, 2.75) is 64.0 Å². The zero-order valence-corrected chi connectivity index (χ0v) is 19.9. The summed E-state index contributed by atoms with van der Waals surface area (Å²) in [6.07, 6.45) is 4.73. The highest BCUT2D eigenvalue weighted by Crippen LogP contribution is 2.39. The average Bonchev–Trinajstić information content (AvgIpc) is 3.25. The molecule has 2 atom stereocenters. The SMILES string of the molecule is COC(=O)N1c2ccc3c(nc(C(C)Cc4ccccc4)n3C3CCNCC3)c2CC[C@@H]1C. The van der Waals surface area contributed by atoms with Crippen LogP contribution < -0.4 is 10.2 Å². The van der Waals surface area contributed by atoms with Gasteiger partial charge in [-0.15, -0.1) is 0 Å². The van der Waals surface area contributed by atoms with Crippen LogP contribution in [-0.2, 0) is 17.6 Å². The summed E-state index contributed by atoms with van der Waals surface area (Å²) in [5, 5.41) is 3.50. The Labute approximate surface area is 195 Å². The number of fused-ring (bicyclic) bond motifs is 3. The molecule has 2 aromatic carbocycles. The summed E-state index contributed by atoms with van der Waals surface area (Å²) >= 11 is 0. The van der Waals surface area contributed by atoms with Crippen LogP contribution in [0.2, 0.25) is 0 Å². The molecular formula is C27H34N4O2. The molecule has 0 saturated carbocycles. The number of anilines is 1. The van der Waals surface area contributed by atoms with Gasteiger partial charge in [0, 0.05) is 23.6 Å². The van der Waals surface area contributed by atoms with Crippen LogP contribution in [0.1, 0.15) is 62.0 Å². The zero-order valence-electron chi connectivity index (χ0n) is 19.9. The highest BCUT2D eigenvalue weighted by Gasteiger charge is 2.33. The first-order valence-corrected chi connectivity index (χ1v) is 12.2. The van der Waals surface area contributed by atoms with Crippen LogP contribution in [0, 0.1) is 0 Å². The molecule has 0 spiro atoms. The lowest BCUT2D eigenvalue weighted by Crippen LogP contribution is -2.42. The molecule has 0 aliphatic carbocycles. The first-order valence-electron chi connectivity index (χ1n) is 12.2. The Morgan fingerprint density at radius 3 is 2.64 bits per heavy atom. The molecule has 6 nitrogen and oxygen atoms in total. The van der Waals surface area contributed by atoms with Gasteiger partial charge in [-0.2, -0.15) is 0 Å². The summed E-state index contributed by atoms with van der Waals surface area (Å²) in [4.78, 5) is 19.7. The third kappa shape index (κ3) is 4.01. The fraction of sp³-hybridized carbons (Fsp3) is 0.481. The number of benzene rings is 2. The molecule has 5 rings (SSSR count). The second-order valence-corrected chi connectivity index (χ2v) is 9.57. The third-order valence-electron chi connectivity index (χ3n) is 7.35. The van der Waals surface area contributed by atoms with E-state index in [4.69, 9.17) is 9.72 Å². The molecule has 2 aliphatic rings. The van der Waals surface area contributed by atoms with Crippen LogP contribution >= 0.6 is 0 Å². The van der Waals surface area contributed by atoms with Gasteiger partial charge in [0.15, 0.2) is 0 Å². The van der Waals surface area contributed by atoms with Crippen molar-refractivity contribution >= 4 is 22.8 Å². The molecule has 1 amide bonds. The number of rotatable bonds is 4. The molecule has 1 N–H and O–H groups in total. The van der Waals surface area contributed by atoms with Crippen LogP contribution in [0.3, 0.4) is 0 Å². The topological polar surface area (TPSA) is 59.4 Å². The minimum Gasteiger partial charge on any atom is -0.452 e. The lowest BCUT2D eigenvalue weighted by atomic mass is 9.95. The quantitative estimate of drug-likeness (QED) is 0.597. The molecule has 1 fully saturated rings. The van der Waals surface area contributed by atoms with Crippen LogP contribution in [0.4, 0.5) is 10.5 Å². The Morgan fingerprint density at radius 1 is 1.15 bits per heavy atom. The Kier molecular flexibility index (Phi) is 6.11. The Morgan fingerprint density at radius 2 is 1.91 bits per heavy atom. The molecule has 6 heteroatoms. The first kappa shape index (κ1) is 22.0. The Hall–Kier alpha value is -2.86. The van der Waals surface area contributed by atoms with Crippen molar-refractivity contribution in [3.8, 4) is 0 Å². The highest BCUT2D eigenvalue weighted by molar-refractivity contribution is 5.95. The van der Waals surface area contributed by atoms with E-state index in [1.807, 2.05) is 0 Å². The maximum Gasteiger partial charge on any atom is 0.414 e. The molecule has 2 aliphatic heterocycles. The van der Waals surface area contributed by atoms with Gasteiger partial charge >= 0.3 is 6.09 Å². The van der Waals surface area contributed by atoms with E-state index >= 15 is 0 Å². The van der Waals surface area contributed by atoms with E-state index in [-0.39, 0.29) is 12.1 Å². The van der Waals surface area contributed by atoms with Gasteiger partial charge in [-0.1, -0.05) is 37.3 Å². The van der Waals surface area contributed by atoms with E-state index in [1.54, 1.807) is 4.90 Å². The van der Waals surface area contributed by atoms with Crippen molar-refractivity contribution in [3.63, 3.8) is 0 Å². The van der Waals surface area contributed by atoms with Gasteiger partial charge < -0.3 is 14.6 Å². The minimum absolute atomic E-state index is 0.116. The Bertz CT molecular complexity index is 1130. The van der Waals surface area contributed by atoms with E-state index in [2.05, 4.69) is 66.2 Å². The minimum atomic E-state index is -0.293. The number of aryl methyl sites for hydroxylation is 1. The third-order valence-corrected chi connectivity index (χ3v) is 7.35. The summed E-state index contributed by atoms with van der Waals surface area (Å²) < 4.78 is 7.63. The van der Waals surface area contributed by atoms with Crippen molar-refractivity contribution in [1.82, 2.24) is 14.9 Å². The van der Waals surface area contributed by atoms with Gasteiger partial charge in [-0.3, -0.25) is 4.90 Å². The van der Waals surface area contributed by atoms with E-state index in [0.29, 0.717) is 12.0 Å². The number of nitrogens with zero attached hydrogens (tertiary/aromatic N) is 3. The maximum absolute atomic E-state index is 12.6. The highest BCUT2D eigenvalue weighted by atomic mass is 16.5. The number of ether oxygens (including phenoxy) is 1. The van der Waals surface area contributed by atoms with Crippen molar-refractivity contribution in [3.05, 3.63) is 59.4 Å². The predicted molar refractivity (Wildman–Crippen MR) is 132 cm³/mol. The number of methoxy groups -OCH3 is 1. The lowest BCUT2D eigenvalue weighted by Gasteiger charge is -2.34. The summed E-state index contributed by atoms with van der Waals surface area (Å²) in [5.41, 5.74) is 5.72. The molecular weight excluding hydrogens is 412 g/mol. The summed E-state index contributed by atoms with van der Waals surface area (Å²) in [6.45, 7) is 6.46. The zero-order chi connectivity index (χ0) is 22.9. The van der Waals surface area contributed by atoms with Gasteiger partial charge in [0.2, 0.25) is 0 Å². The van der Waals surface area contributed by atoms with Gasteiger partial charge in [-0.05, 0) is 69.8 Å². The monoisotopic (exact) mass is 446 g/mol. The molecule has 33 heavy (non-hydrogen) atoms. The van der Waals surface area contributed by atoms with Crippen molar-refractivity contribution in [2.24, 2.45) is 0 Å². The molecule has 3 heterocycles. The smallest absolute Gasteiger partial charge is 0.414 e.